The molecule has 0 spiro atoms. The number of rotatable bonds is 5. The van der Waals surface area contributed by atoms with Crippen LogP contribution in [0.2, 0.25) is 0 Å². The van der Waals surface area contributed by atoms with Crippen LogP contribution in [0.25, 0.3) is 11.6 Å². The van der Waals surface area contributed by atoms with Gasteiger partial charge in [-0.1, -0.05) is 6.07 Å². The average molecular weight is 479 g/mol. The van der Waals surface area contributed by atoms with E-state index in [0.717, 1.165) is 55.5 Å². The van der Waals surface area contributed by atoms with Crippen LogP contribution in [0.3, 0.4) is 0 Å². The van der Waals surface area contributed by atoms with Gasteiger partial charge in [-0.2, -0.15) is 4.31 Å². The fourth-order valence-corrected chi connectivity index (χ4v) is 5.85. The highest BCUT2D eigenvalue weighted by Crippen LogP contribution is 2.34. The van der Waals surface area contributed by atoms with E-state index in [0.29, 0.717) is 25.1 Å². The second kappa shape index (κ2) is 9.36. The summed E-state index contributed by atoms with van der Waals surface area (Å²) in [4.78, 5) is 15.0. The predicted octanol–water partition coefficient (Wildman–Crippen LogP) is 2.23. The topological polar surface area (TPSA) is 83.9 Å². The van der Waals surface area contributed by atoms with Crippen LogP contribution in [0.5, 0.6) is 0 Å². The first kappa shape index (κ1) is 23.0. The van der Waals surface area contributed by atoms with E-state index >= 15 is 0 Å². The molecule has 3 aliphatic rings. The van der Waals surface area contributed by atoms with Gasteiger partial charge in [0.05, 0.1) is 31.2 Å². The first-order chi connectivity index (χ1) is 15.0. The maximum Gasteiger partial charge on any atom is 0.256 e. The Bertz CT molecular complexity index is 1140. The smallest absolute Gasteiger partial charge is 0.256 e. The molecule has 0 bridgehead atoms. The van der Waals surface area contributed by atoms with Crippen molar-refractivity contribution >= 4 is 45.7 Å². The maximum atomic E-state index is 12.7. The molecule has 2 saturated heterocycles. The quantitative estimate of drug-likeness (QED) is 0.666. The number of carbonyl (C=O) groups is 1. The number of nitrogens with zero attached hydrogens (tertiary/aromatic N) is 3. The van der Waals surface area contributed by atoms with Crippen LogP contribution < -0.4 is 5.32 Å². The average Bonchev–Trinajstić information content (AvgIpc) is 3.42. The fourth-order valence-electron chi connectivity index (χ4n) is 4.34. The third kappa shape index (κ3) is 4.62. The van der Waals surface area contributed by atoms with E-state index in [1.165, 1.54) is 4.31 Å². The number of halogens is 1. The van der Waals surface area contributed by atoms with E-state index in [2.05, 4.69) is 14.8 Å². The molecule has 1 N–H and O–H groups in total. The van der Waals surface area contributed by atoms with Gasteiger partial charge in [-0.15, -0.1) is 12.4 Å². The lowest BCUT2D eigenvalue weighted by atomic mass is 10.0. The van der Waals surface area contributed by atoms with Crippen LogP contribution >= 0.6 is 12.4 Å². The van der Waals surface area contributed by atoms with Crippen molar-refractivity contribution in [3.63, 3.8) is 0 Å². The molecule has 1 aromatic carbocycles. The molecule has 1 amide bonds. The molecule has 0 radical (unpaired) electrons. The normalized spacial score (nSPS) is 22.0. The summed E-state index contributed by atoms with van der Waals surface area (Å²) in [6, 6.07) is 9.66. The number of morpholine rings is 1. The van der Waals surface area contributed by atoms with Gasteiger partial charge in [0, 0.05) is 49.3 Å². The Kier molecular flexibility index (Phi) is 6.73. The second-order valence-corrected chi connectivity index (χ2v) is 10.3. The number of aromatic nitrogens is 1. The zero-order valence-corrected chi connectivity index (χ0v) is 19.3. The minimum atomic E-state index is -3.17. The third-order valence-electron chi connectivity index (χ3n) is 6.04. The summed E-state index contributed by atoms with van der Waals surface area (Å²) in [6.45, 7) is 4.89. The third-order valence-corrected chi connectivity index (χ3v) is 7.95. The molecule has 0 atom stereocenters. The first-order valence-electron chi connectivity index (χ1n) is 10.6. The van der Waals surface area contributed by atoms with Crippen molar-refractivity contribution in [1.29, 1.82) is 0 Å². The Labute approximate surface area is 194 Å². The minimum Gasteiger partial charge on any atom is -0.379 e. The van der Waals surface area contributed by atoms with Gasteiger partial charge in [-0.25, -0.2) is 8.42 Å². The van der Waals surface area contributed by atoms with E-state index in [-0.39, 0.29) is 24.1 Å². The lowest BCUT2D eigenvalue weighted by molar-refractivity contribution is -0.110. The fraction of sp³-hybridized carbons (Fsp3) is 0.409. The van der Waals surface area contributed by atoms with Gasteiger partial charge < -0.3 is 14.6 Å². The van der Waals surface area contributed by atoms with Crippen LogP contribution in [0.4, 0.5) is 5.69 Å². The summed E-state index contributed by atoms with van der Waals surface area (Å²) in [5, 5.41) is 2.92. The van der Waals surface area contributed by atoms with Gasteiger partial charge >= 0.3 is 0 Å². The predicted molar refractivity (Wildman–Crippen MR) is 126 cm³/mol. The summed E-state index contributed by atoms with van der Waals surface area (Å²) in [5.41, 5.74) is 4.02. The minimum absolute atomic E-state index is 0. The van der Waals surface area contributed by atoms with Gasteiger partial charge in [0.15, 0.2) is 0 Å². The Morgan fingerprint density at radius 2 is 1.94 bits per heavy atom. The Hall–Kier alpha value is -2.17. The zero-order valence-electron chi connectivity index (χ0n) is 17.7. The summed E-state index contributed by atoms with van der Waals surface area (Å²) in [5.74, 6) is 0.0727. The number of fused-ring (bicyclic) bond motifs is 1. The van der Waals surface area contributed by atoms with Crippen LogP contribution in [0.15, 0.2) is 36.5 Å². The largest absolute Gasteiger partial charge is 0.379 e. The van der Waals surface area contributed by atoms with Gasteiger partial charge in [0.1, 0.15) is 0 Å². The maximum absolute atomic E-state index is 12.7. The van der Waals surface area contributed by atoms with Crippen molar-refractivity contribution in [2.24, 2.45) is 0 Å². The van der Waals surface area contributed by atoms with Gasteiger partial charge in [-0.3, -0.25) is 9.69 Å². The number of hydrogen-bond donors (Lipinski definition) is 1. The number of ether oxygens (including phenoxy) is 1. The number of anilines is 1. The lowest BCUT2D eigenvalue weighted by Gasteiger charge is -2.27. The molecule has 2 aromatic rings. The van der Waals surface area contributed by atoms with Crippen molar-refractivity contribution in [2.45, 2.75) is 19.6 Å². The Balaban J connectivity index is 0.00000245. The van der Waals surface area contributed by atoms with Crippen LogP contribution in [-0.4, -0.2) is 66.7 Å². The standard InChI is InChI=1S/C22H26N4O4S.ClH/c27-22-20(14-18-3-1-6-25(18)16-24-8-10-30-11-9-24)19-13-17(4-5-21(19)23-22)15-26-7-2-12-31(26,28)29;/h1,3-6,13-14H,2,7-12,15-16H2,(H,23,27);1H/b20-14+;. The SMILES string of the molecule is Cl.O=C1Nc2ccc(CN3CCCS3(=O)=O)cc2/C1=C\c1cccn1CN1CCOCC1. The molecule has 0 saturated carbocycles. The van der Waals surface area contributed by atoms with E-state index in [9.17, 15) is 13.2 Å². The van der Waals surface area contributed by atoms with E-state index in [1.807, 2.05) is 42.6 Å². The Morgan fingerprint density at radius 3 is 2.69 bits per heavy atom. The Morgan fingerprint density at radius 1 is 1.12 bits per heavy atom. The molecule has 8 nitrogen and oxygen atoms in total. The number of benzene rings is 1. The molecule has 2 fully saturated rings. The van der Waals surface area contributed by atoms with Crippen LogP contribution in [-0.2, 0) is 32.8 Å². The molecule has 1 aromatic heterocycles. The van der Waals surface area contributed by atoms with Gasteiger partial charge in [-0.05, 0) is 42.3 Å². The summed E-state index contributed by atoms with van der Waals surface area (Å²) in [7, 11) is -3.17. The number of sulfonamides is 1. The van der Waals surface area contributed by atoms with Crippen molar-refractivity contribution in [1.82, 2.24) is 13.8 Å². The molecule has 10 heteroatoms. The number of carbonyl (C=O) groups excluding carboxylic acids is 1. The molecular weight excluding hydrogens is 452 g/mol. The molecule has 5 rings (SSSR count). The van der Waals surface area contributed by atoms with Crippen molar-refractivity contribution in [2.75, 3.05) is 43.9 Å². The van der Waals surface area contributed by atoms with E-state index < -0.39 is 10.0 Å². The zero-order chi connectivity index (χ0) is 21.4. The number of nitrogens with one attached hydrogen (secondary N) is 1. The number of amides is 1. The summed E-state index contributed by atoms with van der Waals surface area (Å²) in [6.07, 6.45) is 4.60. The van der Waals surface area contributed by atoms with Crippen molar-refractivity contribution in [3.8, 4) is 0 Å². The van der Waals surface area contributed by atoms with Gasteiger partial charge in [0.2, 0.25) is 10.0 Å². The number of hydrogen-bond acceptors (Lipinski definition) is 5. The van der Waals surface area contributed by atoms with E-state index in [1.54, 1.807) is 0 Å². The summed E-state index contributed by atoms with van der Waals surface area (Å²) < 4.78 is 33.4. The second-order valence-electron chi connectivity index (χ2n) is 8.17. The highest BCUT2D eigenvalue weighted by molar-refractivity contribution is 7.89. The molecule has 4 heterocycles. The molecule has 0 unspecified atom stereocenters. The van der Waals surface area contributed by atoms with Crippen molar-refractivity contribution < 1.29 is 17.9 Å². The van der Waals surface area contributed by atoms with E-state index in [4.69, 9.17) is 4.74 Å². The van der Waals surface area contributed by atoms with Crippen LogP contribution in [0, 0.1) is 0 Å². The molecule has 0 aliphatic carbocycles. The lowest BCUT2D eigenvalue weighted by Crippen LogP contribution is -2.37. The highest BCUT2D eigenvalue weighted by atomic mass is 35.5. The first-order valence-corrected chi connectivity index (χ1v) is 12.2. The molecular formula is C22H27ClN4O4S. The van der Waals surface area contributed by atoms with Gasteiger partial charge in [0.25, 0.3) is 5.91 Å². The van der Waals surface area contributed by atoms with Crippen molar-refractivity contribution in [3.05, 3.63) is 53.3 Å². The highest BCUT2D eigenvalue weighted by Gasteiger charge is 2.29. The molecule has 172 valence electrons. The molecule has 3 aliphatic heterocycles. The monoisotopic (exact) mass is 478 g/mol. The summed E-state index contributed by atoms with van der Waals surface area (Å²) >= 11 is 0. The molecule has 32 heavy (non-hydrogen) atoms. The van der Waals surface area contributed by atoms with Crippen LogP contribution in [0.1, 0.15) is 23.2 Å².